The Morgan fingerprint density at radius 1 is 0.324 bits per heavy atom. The number of carbonyl (C=O) groups is 2. The summed E-state index contributed by atoms with van der Waals surface area (Å²) < 4.78 is 5.51. The maximum absolute atomic E-state index is 12.4. The van der Waals surface area contributed by atoms with Crippen molar-refractivity contribution in [2.75, 3.05) is 13.2 Å². The number of unbranched alkanes of at least 4 members (excludes halogenated alkanes) is 54. The quantitative estimate of drug-likeness (QED) is 0.0417. The van der Waals surface area contributed by atoms with Gasteiger partial charge in [0.1, 0.15) is 0 Å². The van der Waals surface area contributed by atoms with Crippen LogP contribution in [0.3, 0.4) is 0 Å². The van der Waals surface area contributed by atoms with E-state index in [-0.39, 0.29) is 18.5 Å². The number of ether oxygens (including phenoxy) is 1. The van der Waals surface area contributed by atoms with E-state index in [1.807, 2.05) is 0 Å². The largest absolute Gasteiger partial charge is 0.466 e. The molecule has 0 rings (SSSR count). The highest BCUT2D eigenvalue weighted by molar-refractivity contribution is 5.76. The van der Waals surface area contributed by atoms with E-state index in [1.165, 1.54) is 327 Å². The zero-order valence-corrected chi connectivity index (χ0v) is 50.6. The van der Waals surface area contributed by atoms with Crippen LogP contribution in [0.4, 0.5) is 0 Å². The highest BCUT2D eigenvalue weighted by Gasteiger charge is 2.20. The van der Waals surface area contributed by atoms with Gasteiger partial charge in [-0.15, -0.1) is 0 Å². The number of hydrogen-bond donors (Lipinski definition) is 3. The summed E-state index contributed by atoms with van der Waals surface area (Å²) in [6.45, 7) is 4.97. The molecule has 0 heterocycles. The average Bonchev–Trinajstić information content (AvgIpc) is 3.40. The van der Waals surface area contributed by atoms with Crippen molar-refractivity contribution >= 4 is 11.9 Å². The van der Waals surface area contributed by atoms with Gasteiger partial charge in [-0.1, -0.05) is 361 Å². The Morgan fingerprint density at radius 2 is 0.554 bits per heavy atom. The lowest BCUT2D eigenvalue weighted by molar-refractivity contribution is -0.143. The molecular weight excluding hydrogens is 911 g/mol. The van der Waals surface area contributed by atoms with Crippen molar-refractivity contribution in [3.8, 4) is 0 Å². The Balaban J connectivity index is 3.26. The second kappa shape index (κ2) is 64.4. The minimum Gasteiger partial charge on any atom is -0.466 e. The van der Waals surface area contributed by atoms with Gasteiger partial charge in [0.2, 0.25) is 5.91 Å². The van der Waals surface area contributed by atoms with Crippen LogP contribution in [-0.2, 0) is 14.3 Å². The van der Waals surface area contributed by atoms with Crippen molar-refractivity contribution in [3.63, 3.8) is 0 Å². The summed E-state index contributed by atoms with van der Waals surface area (Å²) >= 11 is 0. The standard InChI is InChI=1S/C68H135NO5/c1-3-5-7-9-11-13-14-15-16-36-39-42-46-50-54-58-62-68(73)74-63-59-55-51-47-43-40-37-34-32-30-28-26-24-22-20-18-17-19-21-23-25-27-29-31-33-35-38-41-45-49-53-57-61-67(72)69-65(64-70)66(71)60-56-52-48-44-12-10-8-6-4-2/h65-66,70-71H,3-64H2,1-2H3,(H,69,72). The lowest BCUT2D eigenvalue weighted by Crippen LogP contribution is -2.45. The van der Waals surface area contributed by atoms with E-state index in [0.717, 1.165) is 38.5 Å². The molecule has 0 saturated carbocycles. The first-order valence-corrected chi connectivity index (χ1v) is 34.3. The van der Waals surface area contributed by atoms with E-state index in [4.69, 9.17) is 4.74 Å². The molecule has 2 unspecified atom stereocenters. The molecule has 442 valence electrons. The summed E-state index contributed by atoms with van der Waals surface area (Å²) in [5.41, 5.74) is 0. The first-order chi connectivity index (χ1) is 36.5. The third kappa shape index (κ3) is 60.1. The molecule has 0 spiro atoms. The van der Waals surface area contributed by atoms with Gasteiger partial charge in [-0.3, -0.25) is 9.59 Å². The second-order valence-corrected chi connectivity index (χ2v) is 23.9. The fourth-order valence-electron chi connectivity index (χ4n) is 11.2. The van der Waals surface area contributed by atoms with Gasteiger partial charge >= 0.3 is 5.97 Å². The van der Waals surface area contributed by atoms with Crippen molar-refractivity contribution in [2.45, 2.75) is 411 Å². The summed E-state index contributed by atoms with van der Waals surface area (Å²) in [6.07, 6.45) is 77.4. The number of hydrogen-bond acceptors (Lipinski definition) is 5. The Labute approximate surface area is 464 Å². The van der Waals surface area contributed by atoms with Crippen molar-refractivity contribution < 1.29 is 24.5 Å². The number of nitrogens with one attached hydrogen (secondary N) is 1. The minimum atomic E-state index is -0.657. The summed E-state index contributed by atoms with van der Waals surface area (Å²) in [4.78, 5) is 24.5. The van der Waals surface area contributed by atoms with Crippen LogP contribution in [-0.4, -0.2) is 47.4 Å². The van der Waals surface area contributed by atoms with Crippen LogP contribution in [0.25, 0.3) is 0 Å². The number of aliphatic hydroxyl groups excluding tert-OH is 2. The number of esters is 1. The van der Waals surface area contributed by atoms with E-state index in [1.54, 1.807) is 0 Å². The molecule has 0 aromatic carbocycles. The van der Waals surface area contributed by atoms with E-state index in [2.05, 4.69) is 19.2 Å². The normalized spacial score (nSPS) is 12.4. The van der Waals surface area contributed by atoms with Gasteiger partial charge in [-0.2, -0.15) is 0 Å². The predicted molar refractivity (Wildman–Crippen MR) is 324 cm³/mol. The molecule has 0 aliphatic carbocycles. The highest BCUT2D eigenvalue weighted by Crippen LogP contribution is 2.19. The van der Waals surface area contributed by atoms with Crippen LogP contribution in [0, 0.1) is 0 Å². The topological polar surface area (TPSA) is 95.9 Å². The maximum atomic E-state index is 12.4. The molecular formula is C68H135NO5. The molecule has 2 atom stereocenters. The third-order valence-electron chi connectivity index (χ3n) is 16.4. The maximum Gasteiger partial charge on any atom is 0.305 e. The molecule has 1 amide bonds. The fourth-order valence-corrected chi connectivity index (χ4v) is 11.2. The Bertz CT molecular complexity index is 1070. The first-order valence-electron chi connectivity index (χ1n) is 34.3. The predicted octanol–water partition coefficient (Wildman–Crippen LogP) is 21.8. The molecule has 6 nitrogen and oxygen atoms in total. The Kier molecular flexibility index (Phi) is 63.4. The molecule has 0 aliphatic rings. The summed E-state index contributed by atoms with van der Waals surface area (Å²) in [7, 11) is 0. The molecule has 6 heteroatoms. The van der Waals surface area contributed by atoms with Crippen LogP contribution >= 0.6 is 0 Å². The van der Waals surface area contributed by atoms with Crippen molar-refractivity contribution in [3.05, 3.63) is 0 Å². The lowest BCUT2D eigenvalue weighted by atomic mass is 10.0. The van der Waals surface area contributed by atoms with Gasteiger partial charge in [-0.05, 0) is 25.7 Å². The van der Waals surface area contributed by atoms with Crippen molar-refractivity contribution in [1.29, 1.82) is 0 Å². The second-order valence-electron chi connectivity index (χ2n) is 23.9. The van der Waals surface area contributed by atoms with E-state index >= 15 is 0 Å². The van der Waals surface area contributed by atoms with Gasteiger partial charge < -0.3 is 20.3 Å². The molecule has 0 aliphatic heterocycles. The molecule has 0 fully saturated rings. The van der Waals surface area contributed by atoms with Gasteiger partial charge in [0, 0.05) is 12.8 Å². The number of aliphatic hydroxyl groups is 2. The monoisotopic (exact) mass is 1050 g/mol. The van der Waals surface area contributed by atoms with Gasteiger partial charge in [0.15, 0.2) is 0 Å². The molecule has 74 heavy (non-hydrogen) atoms. The minimum absolute atomic E-state index is 0.0256. The Morgan fingerprint density at radius 3 is 0.824 bits per heavy atom. The van der Waals surface area contributed by atoms with Crippen LogP contribution in [0.5, 0.6) is 0 Å². The van der Waals surface area contributed by atoms with Gasteiger partial charge in [0.05, 0.1) is 25.4 Å². The lowest BCUT2D eigenvalue weighted by Gasteiger charge is -2.22. The van der Waals surface area contributed by atoms with E-state index < -0.39 is 12.1 Å². The molecule has 0 bridgehead atoms. The van der Waals surface area contributed by atoms with Gasteiger partial charge in [0.25, 0.3) is 0 Å². The molecule has 0 radical (unpaired) electrons. The van der Waals surface area contributed by atoms with Crippen LogP contribution in [0.1, 0.15) is 399 Å². The summed E-state index contributed by atoms with van der Waals surface area (Å²) in [6, 6.07) is -0.534. The smallest absolute Gasteiger partial charge is 0.305 e. The van der Waals surface area contributed by atoms with Crippen LogP contribution in [0.15, 0.2) is 0 Å². The van der Waals surface area contributed by atoms with E-state index in [0.29, 0.717) is 25.9 Å². The third-order valence-corrected chi connectivity index (χ3v) is 16.4. The highest BCUT2D eigenvalue weighted by atomic mass is 16.5. The van der Waals surface area contributed by atoms with Crippen molar-refractivity contribution in [1.82, 2.24) is 5.32 Å². The molecule has 0 aromatic heterocycles. The van der Waals surface area contributed by atoms with Crippen LogP contribution in [0.2, 0.25) is 0 Å². The van der Waals surface area contributed by atoms with Gasteiger partial charge in [-0.25, -0.2) is 0 Å². The number of amides is 1. The summed E-state index contributed by atoms with van der Waals surface area (Å²) in [5, 5.41) is 23.1. The zero-order valence-electron chi connectivity index (χ0n) is 50.6. The number of carbonyl (C=O) groups excluding carboxylic acids is 2. The number of rotatable bonds is 65. The van der Waals surface area contributed by atoms with E-state index in [9.17, 15) is 19.8 Å². The van der Waals surface area contributed by atoms with Crippen molar-refractivity contribution in [2.24, 2.45) is 0 Å². The fraction of sp³-hybridized carbons (Fsp3) is 0.971. The molecule has 0 saturated heterocycles. The van der Waals surface area contributed by atoms with Crippen LogP contribution < -0.4 is 5.32 Å². The zero-order chi connectivity index (χ0) is 53.6. The SMILES string of the molecule is CCCCCCCCCCCCCCCCCCC(=O)OCCCCCCCCCCCCCCCCCCCCCCCCCCCCCCCCCCC(=O)NC(CO)C(O)CCCCCCCCCCC. The average molecular weight is 1050 g/mol. The summed E-state index contributed by atoms with van der Waals surface area (Å²) in [5.74, 6) is -0.00489. The Hall–Kier alpha value is -1.14. The molecule has 0 aromatic rings. The first kappa shape index (κ1) is 72.9. The molecule has 3 N–H and O–H groups in total.